The molecule has 0 radical (unpaired) electrons. The number of aromatic carboxylic acids is 1. The number of hydrogen-bond donors (Lipinski definition) is 1. The predicted octanol–water partition coefficient (Wildman–Crippen LogP) is 2.29. The standard InChI is InChI=1S/C16H18ClNO6S/c17-13-5-4-11(10-12(13)14(19)20)25(22,23)18-8-9-24-15(21)16(18)6-2-1-3-7-16/h4-5,10H,1-3,6-9H2,(H,19,20). The van der Waals surface area contributed by atoms with Crippen LogP contribution in [0.5, 0.6) is 0 Å². The average Bonchev–Trinajstić information content (AvgIpc) is 2.58. The van der Waals surface area contributed by atoms with Gasteiger partial charge in [-0.05, 0) is 31.0 Å². The van der Waals surface area contributed by atoms with Crippen molar-refractivity contribution in [3.05, 3.63) is 28.8 Å². The summed E-state index contributed by atoms with van der Waals surface area (Å²) in [6.07, 6.45) is 3.23. The number of esters is 1. The maximum atomic E-state index is 13.2. The Morgan fingerprint density at radius 1 is 1.24 bits per heavy atom. The van der Waals surface area contributed by atoms with Gasteiger partial charge in [0, 0.05) is 6.54 Å². The molecule has 9 heteroatoms. The molecule has 0 bridgehead atoms. The van der Waals surface area contributed by atoms with Crippen LogP contribution >= 0.6 is 11.6 Å². The lowest BCUT2D eigenvalue weighted by Crippen LogP contribution is -2.62. The summed E-state index contributed by atoms with van der Waals surface area (Å²) in [6, 6.07) is 3.55. The van der Waals surface area contributed by atoms with Crippen molar-refractivity contribution in [1.29, 1.82) is 0 Å². The second-order valence-electron chi connectivity index (χ2n) is 6.25. The summed E-state index contributed by atoms with van der Waals surface area (Å²) >= 11 is 5.83. The van der Waals surface area contributed by atoms with Gasteiger partial charge in [0.05, 0.1) is 15.5 Å². The van der Waals surface area contributed by atoms with Crippen molar-refractivity contribution in [3.63, 3.8) is 0 Å². The highest BCUT2D eigenvalue weighted by molar-refractivity contribution is 7.89. The molecule has 136 valence electrons. The zero-order chi connectivity index (χ0) is 18.2. The number of sulfonamides is 1. The van der Waals surface area contributed by atoms with E-state index in [0.717, 1.165) is 25.3 Å². The first-order valence-electron chi connectivity index (χ1n) is 8.02. The third kappa shape index (κ3) is 3.02. The first-order chi connectivity index (χ1) is 11.8. The number of carboxylic acids is 1. The van der Waals surface area contributed by atoms with E-state index < -0.39 is 27.5 Å². The molecule has 0 amide bonds. The molecule has 1 N–H and O–H groups in total. The van der Waals surface area contributed by atoms with E-state index in [2.05, 4.69) is 0 Å². The highest BCUT2D eigenvalue weighted by atomic mass is 35.5. The van der Waals surface area contributed by atoms with E-state index in [0.29, 0.717) is 12.8 Å². The van der Waals surface area contributed by atoms with E-state index in [1.165, 1.54) is 16.4 Å². The quantitative estimate of drug-likeness (QED) is 0.798. The lowest BCUT2D eigenvalue weighted by Gasteiger charge is -2.45. The maximum Gasteiger partial charge on any atom is 0.337 e. The molecule has 1 heterocycles. The smallest absolute Gasteiger partial charge is 0.337 e. The third-order valence-electron chi connectivity index (χ3n) is 4.82. The largest absolute Gasteiger partial charge is 0.478 e. The summed E-state index contributed by atoms with van der Waals surface area (Å²) in [5.74, 6) is -1.83. The van der Waals surface area contributed by atoms with Gasteiger partial charge in [-0.25, -0.2) is 13.2 Å². The predicted molar refractivity (Wildman–Crippen MR) is 89.1 cm³/mol. The van der Waals surface area contributed by atoms with Gasteiger partial charge in [-0.15, -0.1) is 0 Å². The maximum absolute atomic E-state index is 13.2. The Kier molecular flexibility index (Phi) is 4.78. The normalized spacial score (nSPS) is 21.1. The molecule has 1 spiro atoms. The number of hydrogen-bond acceptors (Lipinski definition) is 5. The van der Waals surface area contributed by atoms with E-state index in [1.807, 2.05) is 0 Å². The summed E-state index contributed by atoms with van der Waals surface area (Å²) in [5.41, 5.74) is -1.49. The van der Waals surface area contributed by atoms with Crippen LogP contribution in [-0.4, -0.2) is 48.5 Å². The molecule has 3 rings (SSSR count). The van der Waals surface area contributed by atoms with Crippen molar-refractivity contribution >= 4 is 33.6 Å². The second-order valence-corrected chi connectivity index (χ2v) is 8.52. The molecule has 1 saturated carbocycles. The minimum absolute atomic E-state index is 0.0147. The molecule has 2 fully saturated rings. The highest BCUT2D eigenvalue weighted by Gasteiger charge is 2.53. The average molecular weight is 388 g/mol. The van der Waals surface area contributed by atoms with Gasteiger partial charge in [-0.3, -0.25) is 4.79 Å². The van der Waals surface area contributed by atoms with Crippen molar-refractivity contribution in [2.45, 2.75) is 42.5 Å². The molecule has 0 atom stereocenters. The number of carbonyl (C=O) groups is 2. The first-order valence-corrected chi connectivity index (χ1v) is 9.84. The van der Waals surface area contributed by atoms with Crippen molar-refractivity contribution < 1.29 is 27.9 Å². The van der Waals surface area contributed by atoms with E-state index in [1.54, 1.807) is 0 Å². The summed E-state index contributed by atoms with van der Waals surface area (Å²) in [6.45, 7) is 0.0400. The topological polar surface area (TPSA) is 101 Å². The Morgan fingerprint density at radius 2 is 1.92 bits per heavy atom. The molecule has 1 aliphatic heterocycles. The fraction of sp³-hybridized carbons (Fsp3) is 0.500. The molecule has 1 aromatic carbocycles. The molecular formula is C16H18ClNO6S. The zero-order valence-corrected chi connectivity index (χ0v) is 15.0. The van der Waals surface area contributed by atoms with Crippen LogP contribution in [0.25, 0.3) is 0 Å². The molecular weight excluding hydrogens is 370 g/mol. The zero-order valence-electron chi connectivity index (χ0n) is 13.4. The van der Waals surface area contributed by atoms with Gasteiger partial charge in [0.1, 0.15) is 12.1 Å². The van der Waals surface area contributed by atoms with Crippen LogP contribution < -0.4 is 0 Å². The van der Waals surface area contributed by atoms with Gasteiger partial charge in [0.25, 0.3) is 0 Å². The van der Waals surface area contributed by atoms with Crippen LogP contribution in [0.3, 0.4) is 0 Å². The van der Waals surface area contributed by atoms with Crippen LogP contribution in [-0.2, 0) is 19.6 Å². The molecule has 1 saturated heterocycles. The number of morpholine rings is 1. The SMILES string of the molecule is O=C(O)c1cc(S(=O)(=O)N2CCOC(=O)C23CCCCC3)ccc1Cl. The van der Waals surface area contributed by atoms with Gasteiger partial charge in [0.15, 0.2) is 0 Å². The van der Waals surface area contributed by atoms with Gasteiger partial charge in [-0.1, -0.05) is 30.9 Å². The number of ether oxygens (including phenoxy) is 1. The molecule has 1 aromatic rings. The minimum Gasteiger partial charge on any atom is -0.478 e. The number of benzene rings is 1. The second kappa shape index (κ2) is 6.59. The minimum atomic E-state index is -4.07. The number of carboxylic acid groups (broad SMARTS) is 1. The Labute approximate surface area is 150 Å². The number of cyclic esters (lactones) is 1. The molecule has 25 heavy (non-hydrogen) atoms. The van der Waals surface area contributed by atoms with Crippen molar-refractivity contribution in [1.82, 2.24) is 4.31 Å². The summed E-state index contributed by atoms with van der Waals surface area (Å²) < 4.78 is 32.7. The summed E-state index contributed by atoms with van der Waals surface area (Å²) in [4.78, 5) is 23.5. The van der Waals surface area contributed by atoms with Crippen LogP contribution in [0, 0.1) is 0 Å². The monoisotopic (exact) mass is 387 g/mol. The van der Waals surface area contributed by atoms with Crippen LogP contribution in [0.2, 0.25) is 5.02 Å². The van der Waals surface area contributed by atoms with E-state index in [9.17, 15) is 23.1 Å². The van der Waals surface area contributed by atoms with Crippen LogP contribution in [0.1, 0.15) is 42.5 Å². The molecule has 7 nitrogen and oxygen atoms in total. The van der Waals surface area contributed by atoms with Crippen LogP contribution in [0.15, 0.2) is 23.1 Å². The highest BCUT2D eigenvalue weighted by Crippen LogP contribution is 2.40. The van der Waals surface area contributed by atoms with Gasteiger partial charge < -0.3 is 9.84 Å². The number of halogens is 1. The van der Waals surface area contributed by atoms with E-state index >= 15 is 0 Å². The molecule has 0 unspecified atom stereocenters. The lowest BCUT2D eigenvalue weighted by atomic mass is 9.81. The van der Waals surface area contributed by atoms with Crippen molar-refractivity contribution in [2.24, 2.45) is 0 Å². The van der Waals surface area contributed by atoms with Gasteiger partial charge >= 0.3 is 11.9 Å². The Balaban J connectivity index is 2.07. The van der Waals surface area contributed by atoms with Crippen molar-refractivity contribution in [2.75, 3.05) is 13.2 Å². The lowest BCUT2D eigenvalue weighted by molar-refractivity contribution is -0.165. The summed E-state index contributed by atoms with van der Waals surface area (Å²) in [7, 11) is -4.07. The third-order valence-corrected chi connectivity index (χ3v) is 7.11. The Morgan fingerprint density at radius 3 is 2.56 bits per heavy atom. The van der Waals surface area contributed by atoms with Gasteiger partial charge in [-0.2, -0.15) is 4.31 Å². The van der Waals surface area contributed by atoms with Gasteiger partial charge in [0.2, 0.25) is 10.0 Å². The number of carbonyl (C=O) groups excluding carboxylic acids is 1. The van der Waals surface area contributed by atoms with Crippen LogP contribution in [0.4, 0.5) is 0 Å². The van der Waals surface area contributed by atoms with E-state index in [-0.39, 0.29) is 28.6 Å². The number of nitrogens with zero attached hydrogens (tertiary/aromatic N) is 1. The molecule has 2 aliphatic rings. The number of rotatable bonds is 3. The Bertz CT molecular complexity index is 816. The summed E-state index contributed by atoms with van der Waals surface area (Å²) in [5, 5.41) is 9.14. The fourth-order valence-corrected chi connectivity index (χ4v) is 5.56. The van der Waals surface area contributed by atoms with E-state index in [4.69, 9.17) is 16.3 Å². The van der Waals surface area contributed by atoms with Crippen molar-refractivity contribution in [3.8, 4) is 0 Å². The molecule has 0 aromatic heterocycles. The first kappa shape index (κ1) is 18.2. The molecule has 1 aliphatic carbocycles. The fourth-order valence-electron chi connectivity index (χ4n) is 3.57. The Hall–Kier alpha value is -1.64.